The van der Waals surface area contributed by atoms with Gasteiger partial charge in [-0.25, -0.2) is 0 Å². The topological polar surface area (TPSA) is 53.0 Å². The monoisotopic (exact) mass is 326 g/mol. The third-order valence-electron chi connectivity index (χ3n) is 5.28. The number of nitrogens with zero attached hydrogens (tertiary/aromatic N) is 2. The lowest BCUT2D eigenvalue weighted by Crippen LogP contribution is -2.44. The van der Waals surface area contributed by atoms with E-state index in [1.165, 1.54) is 19.3 Å². The smallest absolute Gasteiger partial charge is 0.222 e. The van der Waals surface area contributed by atoms with Gasteiger partial charge < -0.3 is 14.7 Å². The van der Waals surface area contributed by atoms with Crippen LogP contribution < -0.4 is 0 Å². The van der Waals surface area contributed by atoms with Gasteiger partial charge in [0.1, 0.15) is 0 Å². The SMILES string of the molecule is CC1(C)CCCC(CC(=O)N(CCO)CCN2CCOCC2)C1. The fourth-order valence-corrected chi connectivity index (χ4v) is 3.97. The molecule has 1 atom stereocenters. The van der Waals surface area contributed by atoms with Gasteiger partial charge in [-0.05, 0) is 30.6 Å². The third-order valence-corrected chi connectivity index (χ3v) is 5.28. The van der Waals surface area contributed by atoms with Crippen LogP contribution >= 0.6 is 0 Å². The van der Waals surface area contributed by atoms with Gasteiger partial charge in [0.05, 0.1) is 19.8 Å². The van der Waals surface area contributed by atoms with Crippen molar-refractivity contribution >= 4 is 5.91 Å². The second-order valence-corrected chi connectivity index (χ2v) is 7.89. The van der Waals surface area contributed by atoms with Crippen LogP contribution in [-0.4, -0.2) is 73.4 Å². The summed E-state index contributed by atoms with van der Waals surface area (Å²) >= 11 is 0. The Hall–Kier alpha value is -0.650. The number of aliphatic hydroxyl groups excluding tert-OH is 1. The average molecular weight is 326 g/mol. The zero-order chi connectivity index (χ0) is 16.7. The number of rotatable bonds is 7. The molecule has 1 N–H and O–H groups in total. The molecule has 1 aliphatic heterocycles. The predicted molar refractivity (Wildman–Crippen MR) is 91.3 cm³/mol. The van der Waals surface area contributed by atoms with E-state index in [-0.39, 0.29) is 12.5 Å². The van der Waals surface area contributed by atoms with Gasteiger partial charge in [-0.3, -0.25) is 9.69 Å². The number of hydrogen-bond acceptors (Lipinski definition) is 4. The van der Waals surface area contributed by atoms with Gasteiger partial charge in [-0.2, -0.15) is 0 Å². The van der Waals surface area contributed by atoms with E-state index in [9.17, 15) is 9.90 Å². The Balaban J connectivity index is 1.79. The van der Waals surface area contributed by atoms with Crippen molar-refractivity contribution in [1.82, 2.24) is 9.80 Å². The highest BCUT2D eigenvalue weighted by Gasteiger charge is 2.30. The zero-order valence-corrected chi connectivity index (χ0v) is 14.9. The molecule has 1 amide bonds. The normalized spacial score (nSPS) is 25.3. The molecule has 0 aromatic rings. The minimum absolute atomic E-state index is 0.0466. The number of carbonyl (C=O) groups excluding carboxylic acids is 1. The summed E-state index contributed by atoms with van der Waals surface area (Å²) in [6, 6.07) is 0. The Labute approximate surface area is 141 Å². The molecule has 0 aromatic heterocycles. The van der Waals surface area contributed by atoms with E-state index in [1.54, 1.807) is 0 Å². The Bertz CT molecular complexity index is 367. The summed E-state index contributed by atoms with van der Waals surface area (Å²) in [6.45, 7) is 10.2. The van der Waals surface area contributed by atoms with Crippen LogP contribution in [-0.2, 0) is 9.53 Å². The van der Waals surface area contributed by atoms with Crippen molar-refractivity contribution in [2.75, 3.05) is 52.5 Å². The summed E-state index contributed by atoms with van der Waals surface area (Å²) in [7, 11) is 0. The highest BCUT2D eigenvalue weighted by atomic mass is 16.5. The summed E-state index contributed by atoms with van der Waals surface area (Å²) in [5.74, 6) is 0.728. The molecule has 0 bridgehead atoms. The molecule has 0 radical (unpaired) electrons. The van der Waals surface area contributed by atoms with Crippen molar-refractivity contribution in [2.24, 2.45) is 11.3 Å². The highest BCUT2D eigenvalue weighted by Crippen LogP contribution is 2.39. The lowest BCUT2D eigenvalue weighted by Gasteiger charge is -2.36. The third kappa shape index (κ3) is 6.40. The average Bonchev–Trinajstić information content (AvgIpc) is 2.51. The van der Waals surface area contributed by atoms with Crippen molar-refractivity contribution in [2.45, 2.75) is 46.0 Å². The molecule has 5 heteroatoms. The minimum atomic E-state index is 0.0466. The predicted octanol–water partition coefficient (Wildman–Crippen LogP) is 1.75. The van der Waals surface area contributed by atoms with Crippen LogP contribution in [0.2, 0.25) is 0 Å². The van der Waals surface area contributed by atoms with E-state index in [4.69, 9.17) is 4.74 Å². The summed E-state index contributed by atoms with van der Waals surface area (Å²) in [4.78, 5) is 16.9. The summed E-state index contributed by atoms with van der Waals surface area (Å²) in [5, 5.41) is 9.28. The maximum Gasteiger partial charge on any atom is 0.222 e. The van der Waals surface area contributed by atoms with Crippen LogP contribution in [0.5, 0.6) is 0 Å². The summed E-state index contributed by atoms with van der Waals surface area (Å²) in [5.41, 5.74) is 0.374. The highest BCUT2D eigenvalue weighted by molar-refractivity contribution is 5.76. The summed E-state index contributed by atoms with van der Waals surface area (Å²) in [6.07, 6.45) is 5.47. The minimum Gasteiger partial charge on any atom is -0.395 e. The van der Waals surface area contributed by atoms with Crippen LogP contribution in [0.4, 0.5) is 0 Å². The molecule has 0 aromatic carbocycles. The van der Waals surface area contributed by atoms with E-state index in [1.807, 2.05) is 4.90 Å². The molecular formula is C18H34N2O3. The molecule has 134 valence electrons. The zero-order valence-electron chi connectivity index (χ0n) is 14.9. The molecule has 1 saturated heterocycles. The Kier molecular flexibility index (Phi) is 7.31. The fourth-order valence-electron chi connectivity index (χ4n) is 3.97. The lowest BCUT2D eigenvalue weighted by atomic mass is 9.71. The van der Waals surface area contributed by atoms with E-state index in [0.717, 1.165) is 45.8 Å². The molecule has 23 heavy (non-hydrogen) atoms. The quantitative estimate of drug-likeness (QED) is 0.774. The fraction of sp³-hybridized carbons (Fsp3) is 0.944. The van der Waals surface area contributed by atoms with Crippen LogP contribution in [0.25, 0.3) is 0 Å². The number of morpholine rings is 1. The van der Waals surface area contributed by atoms with Gasteiger partial charge >= 0.3 is 0 Å². The standard InChI is InChI=1S/C18H34N2O3/c1-18(2)5-3-4-16(15-18)14-17(22)20(8-11-21)7-6-19-9-12-23-13-10-19/h16,21H,3-15H2,1-2H3. The first-order valence-electron chi connectivity index (χ1n) is 9.19. The lowest BCUT2D eigenvalue weighted by molar-refractivity contribution is -0.133. The molecule has 5 nitrogen and oxygen atoms in total. The summed E-state index contributed by atoms with van der Waals surface area (Å²) < 4.78 is 5.36. The first-order valence-corrected chi connectivity index (χ1v) is 9.19. The molecule has 2 fully saturated rings. The molecular weight excluding hydrogens is 292 g/mol. The van der Waals surface area contributed by atoms with Crippen LogP contribution in [0.3, 0.4) is 0 Å². The van der Waals surface area contributed by atoms with Gasteiger partial charge in [-0.15, -0.1) is 0 Å². The van der Waals surface area contributed by atoms with E-state index >= 15 is 0 Å². The van der Waals surface area contributed by atoms with Crippen molar-refractivity contribution in [1.29, 1.82) is 0 Å². The first kappa shape index (κ1) is 18.7. The molecule has 2 aliphatic rings. The molecule has 2 rings (SSSR count). The molecule has 1 aliphatic carbocycles. The Morgan fingerprint density at radius 3 is 2.70 bits per heavy atom. The maximum atomic E-state index is 12.7. The van der Waals surface area contributed by atoms with Crippen LogP contribution in [0.15, 0.2) is 0 Å². The van der Waals surface area contributed by atoms with Crippen molar-refractivity contribution in [3.63, 3.8) is 0 Å². The van der Waals surface area contributed by atoms with Crippen LogP contribution in [0, 0.1) is 11.3 Å². The van der Waals surface area contributed by atoms with Gasteiger partial charge in [0, 0.05) is 39.1 Å². The number of hydrogen-bond donors (Lipinski definition) is 1. The number of amides is 1. The molecule has 1 saturated carbocycles. The van der Waals surface area contributed by atoms with Gasteiger partial charge in [0.15, 0.2) is 0 Å². The second kappa shape index (κ2) is 9.00. The largest absolute Gasteiger partial charge is 0.395 e. The Morgan fingerprint density at radius 1 is 1.30 bits per heavy atom. The van der Waals surface area contributed by atoms with E-state index in [2.05, 4.69) is 18.7 Å². The van der Waals surface area contributed by atoms with Crippen molar-refractivity contribution in [3.05, 3.63) is 0 Å². The number of aliphatic hydroxyl groups is 1. The van der Waals surface area contributed by atoms with Crippen molar-refractivity contribution < 1.29 is 14.6 Å². The van der Waals surface area contributed by atoms with E-state index in [0.29, 0.717) is 24.3 Å². The molecule has 1 unspecified atom stereocenters. The first-order chi connectivity index (χ1) is 11.0. The molecule has 1 heterocycles. The van der Waals surface area contributed by atoms with Gasteiger partial charge in [0.25, 0.3) is 0 Å². The molecule has 0 spiro atoms. The number of ether oxygens (including phenoxy) is 1. The number of carbonyl (C=O) groups is 1. The van der Waals surface area contributed by atoms with Gasteiger partial charge in [0.2, 0.25) is 5.91 Å². The van der Waals surface area contributed by atoms with E-state index < -0.39 is 0 Å². The maximum absolute atomic E-state index is 12.7. The van der Waals surface area contributed by atoms with Gasteiger partial charge in [-0.1, -0.05) is 20.3 Å². The van der Waals surface area contributed by atoms with Crippen molar-refractivity contribution in [3.8, 4) is 0 Å². The Morgan fingerprint density at radius 2 is 2.04 bits per heavy atom. The van der Waals surface area contributed by atoms with Crippen LogP contribution in [0.1, 0.15) is 46.0 Å². The second-order valence-electron chi connectivity index (χ2n) is 7.89.